The quantitative estimate of drug-likeness (QED) is 0.122. The average molecular weight is 840 g/mol. The summed E-state index contributed by atoms with van der Waals surface area (Å²) in [5, 5.41) is 7.11. The van der Waals surface area contributed by atoms with Gasteiger partial charge in [-0.3, -0.25) is 4.68 Å². The van der Waals surface area contributed by atoms with Crippen LogP contribution in [0.25, 0.3) is 44.4 Å². The van der Waals surface area contributed by atoms with Gasteiger partial charge in [-0.1, -0.05) is 89.9 Å². The number of nitrogens with zero attached hydrogens (tertiary/aromatic N) is 4. The van der Waals surface area contributed by atoms with Gasteiger partial charge in [0.15, 0.2) is 0 Å². The van der Waals surface area contributed by atoms with Crippen LogP contribution in [0.5, 0.6) is 11.5 Å². The Balaban J connectivity index is 0.00000432. The Hall–Kier alpha value is -4.47. The molecule has 0 amide bonds. The third-order valence-electron chi connectivity index (χ3n) is 9.61. The standard InChI is InChI=1S/C44H44N4O.Pt/c1-7-30(6)34-23-36(47-28-35(27-46-47)44-32(8-2)13-12-14-33(44)9-3)25-38(24-34)49-37-17-18-40-39-15-10-11-16-41(39)48(42(40)26-37)43-22-31(19-20-45-43)21-29(4)5;/h10-20,22-24,27-30H,7-9,21H2,1-6H3;/q-2;+2. The Labute approximate surface area is 310 Å². The zero-order chi connectivity index (χ0) is 34.1. The number of hydrogen-bond donors (Lipinski definition) is 0. The minimum Gasteiger partial charge on any atom is -0.509 e. The van der Waals surface area contributed by atoms with Crippen molar-refractivity contribution in [3.63, 3.8) is 0 Å². The number of ether oxygens (including phenoxy) is 1. The Morgan fingerprint density at radius 2 is 1.58 bits per heavy atom. The van der Waals surface area contributed by atoms with Gasteiger partial charge >= 0.3 is 21.1 Å². The van der Waals surface area contributed by atoms with E-state index in [0.29, 0.717) is 23.3 Å². The van der Waals surface area contributed by atoms with E-state index in [2.05, 4.69) is 137 Å². The maximum Gasteiger partial charge on any atom is 2.00 e. The van der Waals surface area contributed by atoms with Gasteiger partial charge in [-0.25, -0.2) is 4.98 Å². The molecule has 0 N–H and O–H groups in total. The second-order valence-electron chi connectivity index (χ2n) is 13.5. The van der Waals surface area contributed by atoms with E-state index in [1.807, 2.05) is 23.1 Å². The first-order chi connectivity index (χ1) is 23.9. The summed E-state index contributed by atoms with van der Waals surface area (Å²) in [6.45, 7) is 13.4. The van der Waals surface area contributed by atoms with Crippen molar-refractivity contribution in [2.24, 2.45) is 5.92 Å². The van der Waals surface area contributed by atoms with E-state index < -0.39 is 0 Å². The Morgan fingerprint density at radius 3 is 2.32 bits per heavy atom. The Bertz CT molecular complexity index is 2240. The van der Waals surface area contributed by atoms with E-state index in [0.717, 1.165) is 64.6 Å². The van der Waals surface area contributed by atoms with Gasteiger partial charge in [0.1, 0.15) is 5.82 Å². The topological polar surface area (TPSA) is 44.9 Å². The van der Waals surface area contributed by atoms with Gasteiger partial charge in [0.2, 0.25) is 0 Å². The van der Waals surface area contributed by atoms with Crippen molar-refractivity contribution in [2.45, 2.75) is 73.1 Å². The Kier molecular flexibility index (Phi) is 10.7. The van der Waals surface area contributed by atoms with Crippen molar-refractivity contribution in [1.29, 1.82) is 0 Å². The fraction of sp³-hybridized carbons (Fsp3) is 0.273. The van der Waals surface area contributed by atoms with Gasteiger partial charge in [-0.15, -0.1) is 41.3 Å². The van der Waals surface area contributed by atoms with E-state index in [1.54, 1.807) is 0 Å². The van der Waals surface area contributed by atoms with Crippen molar-refractivity contribution in [1.82, 2.24) is 19.3 Å². The minimum atomic E-state index is 0. The summed E-state index contributed by atoms with van der Waals surface area (Å²) < 4.78 is 10.8. The first kappa shape index (κ1) is 35.4. The maximum atomic E-state index is 6.63. The molecule has 6 heteroatoms. The average Bonchev–Trinajstić information content (AvgIpc) is 3.74. The van der Waals surface area contributed by atoms with Crippen LogP contribution in [0.15, 0.2) is 97.5 Å². The van der Waals surface area contributed by atoms with Crippen molar-refractivity contribution in [3.05, 3.63) is 132 Å². The summed E-state index contributed by atoms with van der Waals surface area (Å²) in [7, 11) is 0. The predicted octanol–water partition coefficient (Wildman–Crippen LogP) is 11.3. The summed E-state index contributed by atoms with van der Waals surface area (Å²) in [5.74, 6) is 3.06. The number of fused-ring (bicyclic) bond motifs is 3. The molecule has 0 spiro atoms. The van der Waals surface area contributed by atoms with Crippen LogP contribution in [0.2, 0.25) is 0 Å². The van der Waals surface area contributed by atoms with Crippen LogP contribution in [0.3, 0.4) is 0 Å². The molecule has 0 bridgehead atoms. The minimum absolute atomic E-state index is 0. The third kappa shape index (κ3) is 6.94. The normalized spacial score (nSPS) is 12.1. The molecule has 3 aromatic heterocycles. The summed E-state index contributed by atoms with van der Waals surface area (Å²) in [6, 6.07) is 35.0. The monoisotopic (exact) mass is 839 g/mol. The van der Waals surface area contributed by atoms with E-state index in [4.69, 9.17) is 14.8 Å². The van der Waals surface area contributed by atoms with Crippen LogP contribution >= 0.6 is 0 Å². The zero-order valence-corrected chi connectivity index (χ0v) is 32.0. The van der Waals surface area contributed by atoms with E-state index in [-0.39, 0.29) is 21.1 Å². The predicted molar refractivity (Wildman–Crippen MR) is 201 cm³/mol. The first-order valence-electron chi connectivity index (χ1n) is 17.7. The van der Waals surface area contributed by atoms with Crippen LogP contribution in [0.4, 0.5) is 0 Å². The molecular formula is C44H44N4OPt. The number of para-hydroxylation sites is 1. The molecule has 50 heavy (non-hydrogen) atoms. The summed E-state index contributed by atoms with van der Waals surface area (Å²) in [4.78, 5) is 4.82. The van der Waals surface area contributed by atoms with Gasteiger partial charge in [0, 0.05) is 35.0 Å². The number of pyridine rings is 1. The largest absolute Gasteiger partial charge is 2.00 e. The Morgan fingerprint density at radius 1 is 0.800 bits per heavy atom. The molecule has 4 aromatic carbocycles. The molecule has 0 saturated carbocycles. The fourth-order valence-corrected chi connectivity index (χ4v) is 6.92. The van der Waals surface area contributed by atoms with Gasteiger partial charge in [0.25, 0.3) is 0 Å². The van der Waals surface area contributed by atoms with Crippen LogP contribution in [0, 0.1) is 18.1 Å². The molecule has 0 aliphatic carbocycles. The van der Waals surface area contributed by atoms with Crippen molar-refractivity contribution < 1.29 is 25.8 Å². The van der Waals surface area contributed by atoms with Gasteiger partial charge < -0.3 is 9.30 Å². The molecule has 7 aromatic rings. The summed E-state index contributed by atoms with van der Waals surface area (Å²) >= 11 is 0. The number of benzene rings is 4. The second-order valence-corrected chi connectivity index (χ2v) is 13.5. The molecule has 7 rings (SSSR count). The number of hydrogen-bond acceptors (Lipinski definition) is 3. The van der Waals surface area contributed by atoms with Crippen LogP contribution < -0.4 is 4.74 Å². The van der Waals surface area contributed by atoms with E-state index >= 15 is 0 Å². The number of aromatic nitrogens is 4. The second kappa shape index (κ2) is 15.2. The van der Waals surface area contributed by atoms with Gasteiger partial charge in [-0.05, 0) is 82.6 Å². The third-order valence-corrected chi connectivity index (χ3v) is 9.61. The van der Waals surface area contributed by atoms with E-state index in [9.17, 15) is 0 Å². The molecule has 1 unspecified atom stereocenters. The molecule has 256 valence electrons. The van der Waals surface area contributed by atoms with Gasteiger partial charge in [0.05, 0.1) is 6.20 Å². The molecule has 0 aliphatic heterocycles. The van der Waals surface area contributed by atoms with E-state index in [1.165, 1.54) is 27.8 Å². The maximum absolute atomic E-state index is 6.63. The molecule has 5 nitrogen and oxygen atoms in total. The SMILES string of the molecule is CCc1cccc(CC)c1-c1cnn(-c2[c-]c(Oc3[c-]c4c(cc3)c3ccccc3n4-c3cc(CC(C)C)ccn3)cc(C(C)CC)c2)c1.[Pt+2]. The molecule has 0 aliphatic rings. The number of rotatable bonds is 11. The van der Waals surface area contributed by atoms with Crippen molar-refractivity contribution in [3.8, 4) is 34.1 Å². The van der Waals surface area contributed by atoms with Gasteiger partial charge in [-0.2, -0.15) is 11.2 Å². The number of aryl methyl sites for hydroxylation is 2. The van der Waals surface area contributed by atoms with Crippen molar-refractivity contribution in [2.75, 3.05) is 0 Å². The van der Waals surface area contributed by atoms with Crippen LogP contribution in [0.1, 0.15) is 76.1 Å². The fourth-order valence-electron chi connectivity index (χ4n) is 6.92. The first-order valence-corrected chi connectivity index (χ1v) is 17.7. The smallest absolute Gasteiger partial charge is 0.509 e. The summed E-state index contributed by atoms with van der Waals surface area (Å²) in [6.07, 6.45) is 9.97. The molecule has 0 saturated heterocycles. The molecule has 3 heterocycles. The van der Waals surface area contributed by atoms with Crippen LogP contribution in [-0.4, -0.2) is 19.3 Å². The molecule has 0 radical (unpaired) electrons. The molecular weight excluding hydrogens is 796 g/mol. The zero-order valence-electron chi connectivity index (χ0n) is 29.7. The summed E-state index contributed by atoms with van der Waals surface area (Å²) in [5.41, 5.74) is 10.4. The van der Waals surface area contributed by atoms with Crippen LogP contribution in [-0.2, 0) is 40.3 Å². The molecule has 0 fully saturated rings. The van der Waals surface area contributed by atoms with Crippen molar-refractivity contribution >= 4 is 21.8 Å². The molecule has 1 atom stereocenters.